The van der Waals surface area contributed by atoms with E-state index in [1.807, 2.05) is 6.92 Å². The standard InChI is InChI=1S/C19H28F3N5O2/c1-2-23-18(27-6-4-16(13-27)26-7-9-28-10-8-26)25-12-15-3-5-24-17(11-15)29-14-19(20,21)22/h3,5,11,16H,2,4,6-10,12-14H2,1H3,(H,23,25). The van der Waals surface area contributed by atoms with Crippen LogP contribution in [-0.2, 0) is 11.3 Å². The molecule has 7 nitrogen and oxygen atoms in total. The van der Waals surface area contributed by atoms with Crippen molar-refractivity contribution in [2.75, 3.05) is 52.5 Å². The molecule has 1 N–H and O–H groups in total. The van der Waals surface area contributed by atoms with Crippen LogP contribution in [0.3, 0.4) is 0 Å². The molecule has 1 aromatic heterocycles. The molecule has 2 aliphatic rings. The Morgan fingerprint density at radius 1 is 1.34 bits per heavy atom. The lowest BCUT2D eigenvalue weighted by Crippen LogP contribution is -2.46. The van der Waals surface area contributed by atoms with Crippen LogP contribution in [0.1, 0.15) is 18.9 Å². The lowest BCUT2D eigenvalue weighted by molar-refractivity contribution is -0.154. The van der Waals surface area contributed by atoms with Crippen LogP contribution in [0.15, 0.2) is 23.3 Å². The van der Waals surface area contributed by atoms with Gasteiger partial charge in [-0.25, -0.2) is 9.98 Å². The van der Waals surface area contributed by atoms with Crippen LogP contribution >= 0.6 is 0 Å². The minimum Gasteiger partial charge on any atom is -0.468 e. The Balaban J connectivity index is 1.59. The second kappa shape index (κ2) is 10.1. The number of nitrogens with one attached hydrogen (secondary N) is 1. The Kier molecular flexibility index (Phi) is 7.54. The molecular weight excluding hydrogens is 387 g/mol. The minimum absolute atomic E-state index is 0.0476. The van der Waals surface area contributed by atoms with Crippen molar-refractivity contribution >= 4 is 5.96 Å². The zero-order valence-corrected chi connectivity index (χ0v) is 16.6. The topological polar surface area (TPSA) is 62.2 Å². The van der Waals surface area contributed by atoms with E-state index in [1.165, 1.54) is 12.3 Å². The average Bonchev–Trinajstić information content (AvgIpc) is 3.20. The second-order valence-corrected chi connectivity index (χ2v) is 7.11. The van der Waals surface area contributed by atoms with Crippen molar-refractivity contribution in [1.29, 1.82) is 0 Å². The highest BCUT2D eigenvalue weighted by atomic mass is 19.4. The number of halogens is 3. The largest absolute Gasteiger partial charge is 0.468 e. The molecule has 1 aromatic rings. The fourth-order valence-electron chi connectivity index (χ4n) is 3.55. The van der Waals surface area contributed by atoms with Crippen molar-refractivity contribution in [3.05, 3.63) is 23.9 Å². The first-order valence-corrected chi connectivity index (χ1v) is 9.94. The summed E-state index contributed by atoms with van der Waals surface area (Å²) in [5, 5.41) is 3.32. The molecule has 0 aromatic carbocycles. The van der Waals surface area contributed by atoms with Gasteiger partial charge in [-0.2, -0.15) is 13.2 Å². The quantitative estimate of drug-likeness (QED) is 0.566. The van der Waals surface area contributed by atoms with E-state index in [0.29, 0.717) is 12.6 Å². The molecule has 3 heterocycles. The van der Waals surface area contributed by atoms with Crippen LogP contribution in [0.2, 0.25) is 0 Å². The van der Waals surface area contributed by atoms with E-state index in [4.69, 9.17) is 9.47 Å². The first-order chi connectivity index (χ1) is 13.9. The fourth-order valence-corrected chi connectivity index (χ4v) is 3.55. The number of hydrogen-bond donors (Lipinski definition) is 1. The first-order valence-electron chi connectivity index (χ1n) is 9.94. The maximum absolute atomic E-state index is 12.3. The van der Waals surface area contributed by atoms with E-state index in [1.54, 1.807) is 6.07 Å². The maximum atomic E-state index is 12.3. The van der Waals surface area contributed by atoms with Gasteiger partial charge >= 0.3 is 6.18 Å². The third-order valence-electron chi connectivity index (χ3n) is 4.95. The summed E-state index contributed by atoms with van der Waals surface area (Å²) >= 11 is 0. The van der Waals surface area contributed by atoms with Crippen LogP contribution in [-0.4, -0.2) is 85.5 Å². The predicted octanol–water partition coefficient (Wildman–Crippen LogP) is 1.89. The summed E-state index contributed by atoms with van der Waals surface area (Å²) in [5.41, 5.74) is 0.747. The molecule has 0 amide bonds. The fraction of sp³-hybridized carbons (Fsp3) is 0.684. The van der Waals surface area contributed by atoms with Crippen molar-refractivity contribution < 1.29 is 22.6 Å². The Morgan fingerprint density at radius 3 is 2.86 bits per heavy atom. The van der Waals surface area contributed by atoms with Gasteiger partial charge in [-0.05, 0) is 25.0 Å². The first kappa shape index (κ1) is 21.6. The number of morpholine rings is 1. The number of ether oxygens (including phenoxy) is 2. The monoisotopic (exact) mass is 415 g/mol. The van der Waals surface area contributed by atoms with Crippen LogP contribution in [0.4, 0.5) is 13.2 Å². The smallest absolute Gasteiger partial charge is 0.422 e. The van der Waals surface area contributed by atoms with Gasteiger partial charge in [0.25, 0.3) is 0 Å². The molecule has 0 aliphatic carbocycles. The highest BCUT2D eigenvalue weighted by molar-refractivity contribution is 5.80. The Hall–Kier alpha value is -2.07. The molecule has 1 atom stereocenters. The van der Waals surface area contributed by atoms with Crippen molar-refractivity contribution in [1.82, 2.24) is 20.1 Å². The predicted molar refractivity (Wildman–Crippen MR) is 103 cm³/mol. The van der Waals surface area contributed by atoms with E-state index in [9.17, 15) is 13.2 Å². The summed E-state index contributed by atoms with van der Waals surface area (Å²) in [4.78, 5) is 13.2. The van der Waals surface area contributed by atoms with Gasteiger partial charge in [0.05, 0.1) is 19.8 Å². The molecule has 162 valence electrons. The third kappa shape index (κ3) is 6.74. The Labute approximate surface area is 168 Å². The highest BCUT2D eigenvalue weighted by Crippen LogP contribution is 2.19. The van der Waals surface area contributed by atoms with E-state index < -0.39 is 12.8 Å². The van der Waals surface area contributed by atoms with Gasteiger partial charge in [0.2, 0.25) is 5.88 Å². The molecular formula is C19H28F3N5O2. The molecule has 3 rings (SSSR count). The highest BCUT2D eigenvalue weighted by Gasteiger charge is 2.30. The number of guanidine groups is 1. The van der Waals surface area contributed by atoms with E-state index in [-0.39, 0.29) is 5.88 Å². The van der Waals surface area contributed by atoms with Crippen molar-refractivity contribution in [3.63, 3.8) is 0 Å². The summed E-state index contributed by atoms with van der Waals surface area (Å²) in [6.45, 7) is 7.06. The summed E-state index contributed by atoms with van der Waals surface area (Å²) in [6.07, 6.45) is -1.87. The van der Waals surface area contributed by atoms with Crippen LogP contribution < -0.4 is 10.1 Å². The minimum atomic E-state index is -4.39. The van der Waals surface area contributed by atoms with Crippen LogP contribution in [0.25, 0.3) is 0 Å². The van der Waals surface area contributed by atoms with Gasteiger partial charge in [0.1, 0.15) is 0 Å². The molecule has 0 bridgehead atoms. The molecule has 0 radical (unpaired) electrons. The second-order valence-electron chi connectivity index (χ2n) is 7.11. The summed E-state index contributed by atoms with van der Waals surface area (Å²) < 4.78 is 47.1. The molecule has 29 heavy (non-hydrogen) atoms. The van der Waals surface area contributed by atoms with Crippen LogP contribution in [0.5, 0.6) is 5.88 Å². The zero-order chi connectivity index (χ0) is 20.7. The van der Waals surface area contributed by atoms with Gasteiger partial charge in [-0.15, -0.1) is 0 Å². The number of aromatic nitrogens is 1. The Morgan fingerprint density at radius 2 is 2.14 bits per heavy atom. The molecule has 2 saturated heterocycles. The number of hydrogen-bond acceptors (Lipinski definition) is 5. The van der Waals surface area contributed by atoms with Crippen molar-refractivity contribution in [2.45, 2.75) is 32.1 Å². The molecule has 10 heteroatoms. The normalized spacial score (nSPS) is 21.4. The summed E-state index contributed by atoms with van der Waals surface area (Å²) in [7, 11) is 0. The number of alkyl halides is 3. The van der Waals surface area contributed by atoms with Crippen molar-refractivity contribution in [3.8, 4) is 5.88 Å². The lowest BCUT2D eigenvalue weighted by Gasteiger charge is -2.32. The maximum Gasteiger partial charge on any atom is 0.422 e. The van der Waals surface area contributed by atoms with Gasteiger partial charge < -0.3 is 19.7 Å². The number of rotatable bonds is 6. The zero-order valence-electron chi connectivity index (χ0n) is 16.6. The van der Waals surface area contributed by atoms with Crippen molar-refractivity contribution in [2.24, 2.45) is 4.99 Å². The summed E-state index contributed by atoms with van der Waals surface area (Å²) in [5.74, 6) is 0.770. The molecule has 0 spiro atoms. The number of aliphatic imine (C=N–C) groups is 1. The summed E-state index contributed by atoms with van der Waals surface area (Å²) in [6, 6.07) is 3.72. The van der Waals surface area contributed by atoms with Crippen LogP contribution in [0, 0.1) is 0 Å². The SMILES string of the molecule is CCNC(=NCc1ccnc(OCC(F)(F)F)c1)N1CCC(N2CCOCC2)C1. The van der Waals surface area contributed by atoms with Gasteiger partial charge in [0.15, 0.2) is 12.6 Å². The number of likely N-dealkylation sites (tertiary alicyclic amines) is 1. The molecule has 1 unspecified atom stereocenters. The van der Waals surface area contributed by atoms with Gasteiger partial charge in [-0.3, -0.25) is 4.90 Å². The lowest BCUT2D eigenvalue weighted by atomic mass is 10.2. The molecule has 2 fully saturated rings. The number of nitrogens with zero attached hydrogens (tertiary/aromatic N) is 4. The third-order valence-corrected chi connectivity index (χ3v) is 4.95. The van der Waals surface area contributed by atoms with E-state index >= 15 is 0 Å². The van der Waals surface area contributed by atoms with Gasteiger partial charge in [0, 0.05) is 51.0 Å². The number of pyridine rings is 1. The molecule has 2 aliphatic heterocycles. The van der Waals surface area contributed by atoms with Gasteiger partial charge in [-0.1, -0.05) is 0 Å². The molecule has 0 saturated carbocycles. The average molecular weight is 415 g/mol. The van der Waals surface area contributed by atoms with E-state index in [0.717, 1.165) is 63.9 Å². The van der Waals surface area contributed by atoms with E-state index in [2.05, 4.69) is 25.1 Å². The Bertz CT molecular complexity index is 680.